The van der Waals surface area contributed by atoms with Crippen LogP contribution in [0, 0.1) is 0 Å². The van der Waals surface area contributed by atoms with E-state index in [2.05, 4.69) is 0 Å². The van der Waals surface area contributed by atoms with Gasteiger partial charge in [-0.2, -0.15) is 0 Å². The number of nitrogens with zero attached hydrogens (tertiary/aromatic N) is 2. The predicted molar refractivity (Wildman–Crippen MR) is 94.0 cm³/mol. The number of carbonyl (C=O) groups is 1. The highest BCUT2D eigenvalue weighted by Gasteiger charge is 2.14. The van der Waals surface area contributed by atoms with Crippen molar-refractivity contribution < 1.29 is 9.90 Å². The van der Waals surface area contributed by atoms with Crippen molar-refractivity contribution in [1.29, 1.82) is 0 Å². The molecule has 5 nitrogen and oxygen atoms in total. The van der Waals surface area contributed by atoms with E-state index in [0.29, 0.717) is 22.1 Å². The van der Waals surface area contributed by atoms with Gasteiger partial charge in [0.2, 0.25) is 0 Å². The van der Waals surface area contributed by atoms with E-state index in [4.69, 9.17) is 28.3 Å². The number of carboxylic acid groups (broad SMARTS) is 1. The monoisotopic (exact) mass is 364 g/mol. The molecule has 24 heavy (non-hydrogen) atoms. The van der Waals surface area contributed by atoms with Gasteiger partial charge >= 0.3 is 11.7 Å². The molecule has 1 heterocycles. The third-order valence-electron chi connectivity index (χ3n) is 3.80. The van der Waals surface area contributed by atoms with Gasteiger partial charge in [0.25, 0.3) is 0 Å². The van der Waals surface area contributed by atoms with Gasteiger partial charge in [0, 0.05) is 6.54 Å². The average Bonchev–Trinajstić information content (AvgIpc) is 2.81. The number of aryl methyl sites for hydroxylation is 1. The molecule has 7 heteroatoms. The van der Waals surface area contributed by atoms with Gasteiger partial charge in [0.15, 0.2) is 0 Å². The molecule has 0 bridgehead atoms. The predicted octanol–water partition coefficient (Wildman–Crippen LogP) is 3.63. The van der Waals surface area contributed by atoms with Gasteiger partial charge in [-0.05, 0) is 29.8 Å². The molecule has 0 saturated heterocycles. The summed E-state index contributed by atoms with van der Waals surface area (Å²) in [5.41, 5.74) is 2.05. The van der Waals surface area contributed by atoms with Crippen LogP contribution in [0.3, 0.4) is 0 Å². The van der Waals surface area contributed by atoms with Gasteiger partial charge in [-0.1, -0.05) is 41.4 Å². The number of carboxylic acids is 1. The Labute approximate surface area is 147 Å². The maximum Gasteiger partial charge on any atom is 0.329 e. The summed E-state index contributed by atoms with van der Waals surface area (Å²) in [4.78, 5) is 23.6. The second-order valence-corrected chi connectivity index (χ2v) is 6.22. The summed E-state index contributed by atoms with van der Waals surface area (Å²) < 4.78 is 3.09. The molecule has 0 aliphatic rings. The van der Waals surface area contributed by atoms with Crippen molar-refractivity contribution in [2.24, 2.45) is 0 Å². The maximum absolute atomic E-state index is 12.7. The fourth-order valence-corrected chi connectivity index (χ4v) is 2.99. The quantitative estimate of drug-likeness (QED) is 0.751. The lowest BCUT2D eigenvalue weighted by Gasteiger charge is -2.05. The van der Waals surface area contributed by atoms with Crippen LogP contribution < -0.4 is 5.69 Å². The SMILES string of the molecule is O=C(O)CCn1c(=O)n(Cc2ccc(Cl)c(Cl)c2)c2ccccc21. The van der Waals surface area contributed by atoms with Crippen LogP contribution in [0.15, 0.2) is 47.3 Å². The molecule has 0 amide bonds. The summed E-state index contributed by atoms with van der Waals surface area (Å²) in [6.07, 6.45) is -0.110. The van der Waals surface area contributed by atoms with Crippen LogP contribution in [0.25, 0.3) is 11.0 Å². The number of benzene rings is 2. The van der Waals surface area contributed by atoms with E-state index in [-0.39, 0.29) is 18.7 Å². The van der Waals surface area contributed by atoms with E-state index in [1.807, 2.05) is 30.3 Å². The number of aliphatic carboxylic acids is 1. The summed E-state index contributed by atoms with van der Waals surface area (Å²) in [6, 6.07) is 12.5. The van der Waals surface area contributed by atoms with Gasteiger partial charge < -0.3 is 5.11 Å². The van der Waals surface area contributed by atoms with Crippen LogP contribution in [0.2, 0.25) is 10.0 Å². The minimum atomic E-state index is -0.941. The zero-order chi connectivity index (χ0) is 17.3. The summed E-state index contributed by atoms with van der Waals surface area (Å²) >= 11 is 12.0. The van der Waals surface area contributed by atoms with Gasteiger partial charge in [0.1, 0.15) is 0 Å². The first-order valence-corrected chi connectivity index (χ1v) is 8.07. The smallest absolute Gasteiger partial charge is 0.329 e. The average molecular weight is 365 g/mol. The van der Waals surface area contributed by atoms with Crippen molar-refractivity contribution in [3.8, 4) is 0 Å². The molecule has 0 saturated carbocycles. The number of hydrogen-bond donors (Lipinski definition) is 1. The molecule has 0 aliphatic heterocycles. The Kier molecular flexibility index (Phi) is 4.64. The van der Waals surface area contributed by atoms with Gasteiger partial charge in [-0.3, -0.25) is 13.9 Å². The molecule has 1 aromatic heterocycles. The molecule has 1 N–H and O–H groups in total. The zero-order valence-corrected chi connectivity index (χ0v) is 14.1. The minimum Gasteiger partial charge on any atom is -0.481 e. The number of para-hydroxylation sites is 2. The summed E-state index contributed by atoms with van der Waals surface area (Å²) in [5, 5.41) is 9.77. The van der Waals surface area contributed by atoms with Crippen molar-refractivity contribution in [3.63, 3.8) is 0 Å². The van der Waals surface area contributed by atoms with E-state index in [9.17, 15) is 9.59 Å². The Hall–Kier alpha value is -2.24. The number of fused-ring (bicyclic) bond motifs is 1. The first kappa shape index (κ1) is 16.6. The van der Waals surface area contributed by atoms with Crippen LogP contribution in [0.4, 0.5) is 0 Å². The molecule has 0 radical (unpaired) electrons. The Morgan fingerprint density at radius 1 is 1.00 bits per heavy atom. The van der Waals surface area contributed by atoms with E-state index in [1.54, 1.807) is 16.7 Å². The van der Waals surface area contributed by atoms with Gasteiger partial charge in [-0.25, -0.2) is 4.79 Å². The highest BCUT2D eigenvalue weighted by atomic mass is 35.5. The molecule has 3 rings (SSSR count). The van der Waals surface area contributed by atoms with E-state index >= 15 is 0 Å². The normalized spacial score (nSPS) is 11.1. The zero-order valence-electron chi connectivity index (χ0n) is 12.6. The Balaban J connectivity index is 2.07. The van der Waals surface area contributed by atoms with Crippen LogP contribution in [0.1, 0.15) is 12.0 Å². The van der Waals surface area contributed by atoms with Crippen molar-refractivity contribution in [3.05, 3.63) is 68.6 Å². The van der Waals surface area contributed by atoms with Crippen molar-refractivity contribution in [2.45, 2.75) is 19.5 Å². The summed E-state index contributed by atoms with van der Waals surface area (Å²) in [5.74, 6) is -0.941. The first-order valence-electron chi connectivity index (χ1n) is 7.31. The molecule has 0 aliphatic carbocycles. The highest BCUT2D eigenvalue weighted by Crippen LogP contribution is 2.23. The van der Waals surface area contributed by atoms with E-state index < -0.39 is 5.97 Å². The molecule has 0 unspecified atom stereocenters. The highest BCUT2D eigenvalue weighted by molar-refractivity contribution is 6.42. The maximum atomic E-state index is 12.7. The Bertz CT molecular complexity index is 976. The van der Waals surface area contributed by atoms with Crippen LogP contribution in [-0.4, -0.2) is 20.2 Å². The summed E-state index contributed by atoms with van der Waals surface area (Å²) in [7, 11) is 0. The van der Waals surface area contributed by atoms with Crippen LogP contribution in [0.5, 0.6) is 0 Å². The van der Waals surface area contributed by atoms with Gasteiger partial charge in [-0.15, -0.1) is 0 Å². The van der Waals surface area contributed by atoms with Crippen molar-refractivity contribution in [1.82, 2.24) is 9.13 Å². The number of imidazole rings is 1. The molecule has 0 spiro atoms. The second kappa shape index (κ2) is 6.71. The lowest BCUT2D eigenvalue weighted by Crippen LogP contribution is -2.25. The minimum absolute atomic E-state index is 0.110. The third kappa shape index (κ3) is 3.18. The van der Waals surface area contributed by atoms with Crippen molar-refractivity contribution in [2.75, 3.05) is 0 Å². The molecule has 2 aromatic carbocycles. The molecule has 124 valence electrons. The third-order valence-corrected chi connectivity index (χ3v) is 4.54. The second-order valence-electron chi connectivity index (χ2n) is 5.40. The van der Waals surface area contributed by atoms with Gasteiger partial charge in [0.05, 0.1) is 34.0 Å². The number of halogens is 2. The van der Waals surface area contributed by atoms with E-state index in [1.165, 1.54) is 4.57 Å². The van der Waals surface area contributed by atoms with E-state index in [0.717, 1.165) is 11.1 Å². The summed E-state index contributed by atoms with van der Waals surface area (Å²) in [6.45, 7) is 0.458. The van der Waals surface area contributed by atoms with Crippen molar-refractivity contribution >= 4 is 40.2 Å². The Morgan fingerprint density at radius 2 is 1.67 bits per heavy atom. The number of aromatic nitrogens is 2. The lowest BCUT2D eigenvalue weighted by atomic mass is 10.2. The molecular weight excluding hydrogens is 351 g/mol. The molecule has 0 atom stereocenters. The topological polar surface area (TPSA) is 64.2 Å². The molecule has 3 aromatic rings. The Morgan fingerprint density at radius 3 is 2.29 bits per heavy atom. The molecule has 0 fully saturated rings. The first-order chi connectivity index (χ1) is 11.5. The number of hydrogen-bond acceptors (Lipinski definition) is 2. The molecular formula is C17H14Cl2N2O3. The standard InChI is InChI=1S/C17H14Cl2N2O3/c18-12-6-5-11(9-13(12)19)10-21-15-4-2-1-3-14(15)20(17(21)24)8-7-16(22)23/h1-6,9H,7-8,10H2,(H,22,23). The van der Waals surface area contributed by atoms with Crippen LogP contribution in [-0.2, 0) is 17.9 Å². The fraction of sp³-hybridized carbons (Fsp3) is 0.176. The number of rotatable bonds is 5. The lowest BCUT2D eigenvalue weighted by molar-refractivity contribution is -0.137. The largest absolute Gasteiger partial charge is 0.481 e. The fourth-order valence-electron chi connectivity index (χ4n) is 2.67. The van der Waals surface area contributed by atoms with Crippen LogP contribution >= 0.6 is 23.2 Å².